The van der Waals surface area contributed by atoms with Crippen molar-refractivity contribution >= 4 is 34.2 Å². The molecule has 2 saturated heterocycles. The summed E-state index contributed by atoms with van der Waals surface area (Å²) in [7, 11) is 0. The molecular weight excluding hydrogens is 590 g/mol. The first-order valence-corrected chi connectivity index (χ1v) is 14.7. The minimum absolute atomic E-state index is 0.0156. The van der Waals surface area contributed by atoms with E-state index in [-0.39, 0.29) is 34.5 Å². The quantitative estimate of drug-likeness (QED) is 0.331. The summed E-state index contributed by atoms with van der Waals surface area (Å²) in [5.41, 5.74) is -0.912. The lowest BCUT2D eigenvalue weighted by atomic mass is 10.1. The number of carboxylic acid groups (broad SMARTS) is 1. The Morgan fingerprint density at radius 1 is 1.09 bits per heavy atom. The zero-order valence-corrected chi connectivity index (χ0v) is 24.2. The fraction of sp³-hybridized carbons (Fsp3) is 0.464. The van der Waals surface area contributed by atoms with Gasteiger partial charge in [0.05, 0.1) is 30.1 Å². The molecule has 1 unspecified atom stereocenters. The highest BCUT2D eigenvalue weighted by molar-refractivity contribution is 7.16. The molecule has 2 fully saturated rings. The van der Waals surface area contributed by atoms with Crippen LogP contribution in [0.25, 0.3) is 11.3 Å². The van der Waals surface area contributed by atoms with Gasteiger partial charge in [-0.2, -0.15) is 13.2 Å². The SMILES string of the molecule is CC1CCCN1Cc1sc(NC(=O)c2cnc(N3CCN(CCC(=O)O)CC3)cn2)nc1-c1cc(F)cc(C(F)(F)F)c1. The number of nitrogens with one attached hydrogen (secondary N) is 1. The van der Waals surface area contributed by atoms with Crippen molar-refractivity contribution in [3.05, 3.63) is 52.5 Å². The smallest absolute Gasteiger partial charge is 0.416 e. The van der Waals surface area contributed by atoms with Crippen LogP contribution in [0.2, 0.25) is 0 Å². The molecule has 2 aliphatic rings. The monoisotopic (exact) mass is 621 g/mol. The number of halogens is 4. The first kappa shape index (κ1) is 30.8. The predicted octanol–water partition coefficient (Wildman–Crippen LogP) is 4.59. The highest BCUT2D eigenvalue weighted by atomic mass is 32.1. The second-order valence-electron chi connectivity index (χ2n) is 10.7. The molecule has 10 nitrogen and oxygen atoms in total. The Morgan fingerprint density at radius 2 is 1.86 bits per heavy atom. The van der Waals surface area contributed by atoms with E-state index < -0.39 is 29.4 Å². The molecule has 3 aromatic rings. The minimum atomic E-state index is -4.73. The second-order valence-corrected chi connectivity index (χ2v) is 11.7. The van der Waals surface area contributed by atoms with Crippen molar-refractivity contribution in [3.8, 4) is 11.3 Å². The van der Waals surface area contributed by atoms with Crippen molar-refractivity contribution in [3.63, 3.8) is 0 Å². The Labute approximate surface area is 249 Å². The number of piperazine rings is 1. The molecular formula is C28H31F4N7O3S. The van der Waals surface area contributed by atoms with Gasteiger partial charge in [-0.1, -0.05) is 11.3 Å². The number of aliphatic carboxylic acids is 1. The van der Waals surface area contributed by atoms with Crippen molar-refractivity contribution in [2.45, 2.75) is 44.9 Å². The molecule has 0 bridgehead atoms. The molecule has 1 amide bonds. The number of anilines is 2. The standard InChI is InChI=1S/C28H31F4N7O3S/c1-17-3-2-5-39(17)16-22-25(18-11-19(28(30,31)32)13-20(29)12-18)35-27(43-22)36-26(42)21-14-34-23(15-33-21)38-9-7-37(8-10-38)6-4-24(40)41/h11-15,17H,2-10,16H2,1H3,(H,40,41)(H,35,36,42). The number of aromatic nitrogens is 3. The lowest BCUT2D eigenvalue weighted by Crippen LogP contribution is -2.47. The summed E-state index contributed by atoms with van der Waals surface area (Å²) >= 11 is 1.13. The van der Waals surface area contributed by atoms with E-state index in [2.05, 4.69) is 37.0 Å². The molecule has 15 heteroatoms. The molecule has 0 saturated carbocycles. The van der Waals surface area contributed by atoms with Gasteiger partial charge in [-0.3, -0.25) is 24.7 Å². The van der Waals surface area contributed by atoms with Gasteiger partial charge in [0.2, 0.25) is 0 Å². The summed E-state index contributed by atoms with van der Waals surface area (Å²) in [5, 5.41) is 11.7. The summed E-state index contributed by atoms with van der Waals surface area (Å²) < 4.78 is 54.6. The van der Waals surface area contributed by atoms with E-state index in [9.17, 15) is 27.2 Å². The van der Waals surface area contributed by atoms with Crippen molar-refractivity contribution in [2.24, 2.45) is 0 Å². The van der Waals surface area contributed by atoms with Crippen LogP contribution in [0.3, 0.4) is 0 Å². The van der Waals surface area contributed by atoms with Gasteiger partial charge in [-0.25, -0.2) is 19.3 Å². The van der Waals surface area contributed by atoms with Gasteiger partial charge < -0.3 is 10.0 Å². The van der Waals surface area contributed by atoms with Gasteiger partial charge in [-0.15, -0.1) is 0 Å². The highest BCUT2D eigenvalue weighted by Crippen LogP contribution is 2.38. The van der Waals surface area contributed by atoms with Crippen LogP contribution >= 0.6 is 11.3 Å². The molecule has 2 aromatic heterocycles. The van der Waals surface area contributed by atoms with Crippen molar-refractivity contribution in [2.75, 3.05) is 49.5 Å². The summed E-state index contributed by atoms with van der Waals surface area (Å²) in [5.74, 6) is -1.87. The third kappa shape index (κ3) is 7.64. The first-order chi connectivity index (χ1) is 20.5. The topological polar surface area (TPSA) is 115 Å². The number of rotatable bonds is 9. The van der Waals surface area contributed by atoms with Gasteiger partial charge in [-0.05, 0) is 44.5 Å². The molecule has 0 spiro atoms. The van der Waals surface area contributed by atoms with Crippen molar-refractivity contribution < 1.29 is 32.3 Å². The number of nitrogens with zero attached hydrogens (tertiary/aromatic N) is 6. The Hall–Kier alpha value is -3.69. The zero-order chi connectivity index (χ0) is 30.7. The molecule has 1 aromatic carbocycles. The van der Waals surface area contributed by atoms with E-state index in [1.54, 1.807) is 0 Å². The molecule has 43 heavy (non-hydrogen) atoms. The van der Waals surface area contributed by atoms with Crippen molar-refractivity contribution in [1.29, 1.82) is 0 Å². The second kappa shape index (κ2) is 12.9. The number of likely N-dealkylation sites (tertiary alicyclic amines) is 1. The lowest BCUT2D eigenvalue weighted by Gasteiger charge is -2.34. The number of carbonyl (C=O) groups is 2. The Balaban J connectivity index is 1.31. The molecule has 2 N–H and O–H groups in total. The third-order valence-electron chi connectivity index (χ3n) is 7.66. The molecule has 2 aliphatic heterocycles. The average molecular weight is 622 g/mol. The van der Waals surface area contributed by atoms with E-state index in [1.165, 1.54) is 12.4 Å². The van der Waals surface area contributed by atoms with Crippen molar-refractivity contribution in [1.82, 2.24) is 24.8 Å². The molecule has 0 radical (unpaired) electrons. The maximum absolute atomic E-state index is 14.3. The number of alkyl halides is 3. The number of hydrogen-bond acceptors (Lipinski definition) is 9. The van der Waals surface area contributed by atoms with Gasteiger partial charge >= 0.3 is 12.1 Å². The Morgan fingerprint density at radius 3 is 2.49 bits per heavy atom. The molecule has 0 aliphatic carbocycles. The molecule has 5 rings (SSSR count). The predicted molar refractivity (Wildman–Crippen MR) is 153 cm³/mol. The van der Waals surface area contributed by atoms with E-state index in [0.717, 1.165) is 42.9 Å². The van der Waals surface area contributed by atoms with Crippen LogP contribution in [0, 0.1) is 5.82 Å². The minimum Gasteiger partial charge on any atom is -0.481 e. The number of carbonyl (C=O) groups excluding carboxylic acids is 1. The normalized spacial score (nSPS) is 18.3. The molecule has 1 atom stereocenters. The van der Waals surface area contributed by atoms with E-state index in [0.29, 0.717) is 56.0 Å². The van der Waals surface area contributed by atoms with Crippen LogP contribution in [0.4, 0.5) is 28.5 Å². The lowest BCUT2D eigenvalue weighted by molar-refractivity contribution is -0.138. The number of benzene rings is 1. The van der Waals surface area contributed by atoms with Gasteiger partial charge in [0.1, 0.15) is 17.3 Å². The van der Waals surface area contributed by atoms with Gasteiger partial charge in [0.15, 0.2) is 5.13 Å². The number of carboxylic acids is 1. The molecule has 4 heterocycles. The first-order valence-electron chi connectivity index (χ1n) is 13.9. The van der Waals surface area contributed by atoms with Crippen LogP contribution in [-0.2, 0) is 17.5 Å². The van der Waals surface area contributed by atoms with E-state index in [1.807, 2.05) is 4.90 Å². The number of hydrogen-bond donors (Lipinski definition) is 2. The summed E-state index contributed by atoms with van der Waals surface area (Å²) in [4.78, 5) is 43.7. The van der Waals surface area contributed by atoms with Gasteiger partial charge in [0, 0.05) is 55.8 Å². The fourth-order valence-electron chi connectivity index (χ4n) is 5.26. The third-order valence-corrected chi connectivity index (χ3v) is 8.62. The zero-order valence-electron chi connectivity index (χ0n) is 23.4. The number of amides is 1. The average Bonchev–Trinajstić information content (AvgIpc) is 3.56. The Kier molecular flexibility index (Phi) is 9.22. The Bertz CT molecular complexity index is 1460. The fourth-order valence-corrected chi connectivity index (χ4v) is 6.26. The van der Waals surface area contributed by atoms with Crippen LogP contribution in [-0.4, -0.2) is 87.0 Å². The largest absolute Gasteiger partial charge is 0.481 e. The van der Waals surface area contributed by atoms with Crippen LogP contribution in [0.15, 0.2) is 30.6 Å². The van der Waals surface area contributed by atoms with Crippen LogP contribution in [0.1, 0.15) is 47.1 Å². The summed E-state index contributed by atoms with van der Waals surface area (Å²) in [6.45, 7) is 6.40. The summed E-state index contributed by atoms with van der Waals surface area (Å²) in [6, 6.07) is 2.61. The molecule has 230 valence electrons. The van der Waals surface area contributed by atoms with E-state index >= 15 is 0 Å². The highest BCUT2D eigenvalue weighted by Gasteiger charge is 2.32. The van der Waals surface area contributed by atoms with Gasteiger partial charge in [0.25, 0.3) is 5.91 Å². The summed E-state index contributed by atoms with van der Waals surface area (Å²) in [6.07, 6.45) is 0.162. The maximum atomic E-state index is 14.3. The van der Waals surface area contributed by atoms with E-state index in [4.69, 9.17) is 5.11 Å². The van der Waals surface area contributed by atoms with Crippen LogP contribution in [0.5, 0.6) is 0 Å². The number of thiazole rings is 1. The van der Waals surface area contributed by atoms with Crippen LogP contribution < -0.4 is 10.2 Å². The maximum Gasteiger partial charge on any atom is 0.416 e.